The van der Waals surface area contributed by atoms with Crippen molar-refractivity contribution < 1.29 is 0 Å². The van der Waals surface area contributed by atoms with E-state index in [1.54, 1.807) is 5.57 Å². The standard InChI is InChI=1S/C22H34S/c1-19(2,3)18-15-11-12-16-22(18,23-20(4,5)6)21(7,8)17-13-9-10-14-17/h9,11-15H,10,16H2,1-8H3. The largest absolute Gasteiger partial charge is 0.143 e. The monoisotopic (exact) mass is 330 g/mol. The van der Waals surface area contributed by atoms with Gasteiger partial charge in [0.05, 0.1) is 4.75 Å². The van der Waals surface area contributed by atoms with Gasteiger partial charge in [0.25, 0.3) is 0 Å². The summed E-state index contributed by atoms with van der Waals surface area (Å²) in [5.74, 6) is 0. The van der Waals surface area contributed by atoms with Gasteiger partial charge in [-0.1, -0.05) is 91.8 Å². The molecule has 0 N–H and O–H groups in total. The van der Waals surface area contributed by atoms with Crippen molar-refractivity contribution in [2.75, 3.05) is 0 Å². The van der Waals surface area contributed by atoms with Crippen LogP contribution in [0, 0.1) is 10.8 Å². The lowest BCUT2D eigenvalue weighted by Crippen LogP contribution is -2.50. The number of hydrogen-bond acceptors (Lipinski definition) is 1. The maximum absolute atomic E-state index is 2.45. The lowest BCUT2D eigenvalue weighted by molar-refractivity contribution is 0.299. The van der Waals surface area contributed by atoms with E-state index in [2.05, 4.69) is 104 Å². The number of thioether (sulfide) groups is 1. The van der Waals surface area contributed by atoms with Gasteiger partial charge in [-0.25, -0.2) is 0 Å². The van der Waals surface area contributed by atoms with Crippen LogP contribution in [0.1, 0.15) is 68.2 Å². The minimum absolute atomic E-state index is 0.0960. The Kier molecular flexibility index (Phi) is 4.86. The topological polar surface area (TPSA) is 0 Å². The molecule has 1 heteroatoms. The van der Waals surface area contributed by atoms with Gasteiger partial charge in [0.15, 0.2) is 0 Å². The van der Waals surface area contributed by atoms with E-state index in [0.29, 0.717) is 0 Å². The zero-order valence-electron chi connectivity index (χ0n) is 16.3. The third kappa shape index (κ3) is 3.55. The molecule has 0 nitrogen and oxygen atoms in total. The summed E-state index contributed by atoms with van der Waals surface area (Å²) in [5.41, 5.74) is 3.35. The van der Waals surface area contributed by atoms with E-state index in [-0.39, 0.29) is 20.3 Å². The highest BCUT2D eigenvalue weighted by Crippen LogP contribution is 2.61. The molecule has 1 unspecified atom stereocenters. The number of allylic oxidation sites excluding steroid dienone is 7. The minimum Gasteiger partial charge on any atom is -0.143 e. The molecule has 0 heterocycles. The van der Waals surface area contributed by atoms with Crippen LogP contribution in [-0.2, 0) is 0 Å². The molecular formula is C22H34S. The first-order chi connectivity index (χ1) is 10.4. The number of rotatable bonds is 3. The summed E-state index contributed by atoms with van der Waals surface area (Å²) in [6.07, 6.45) is 16.3. The molecular weight excluding hydrogens is 296 g/mol. The molecule has 23 heavy (non-hydrogen) atoms. The Morgan fingerprint density at radius 1 is 0.957 bits per heavy atom. The molecule has 0 aromatic heterocycles. The predicted octanol–water partition coefficient (Wildman–Crippen LogP) is 7.10. The molecule has 0 aromatic rings. The van der Waals surface area contributed by atoms with Crippen LogP contribution in [0.4, 0.5) is 0 Å². The molecule has 0 aromatic carbocycles. The van der Waals surface area contributed by atoms with E-state index in [1.807, 2.05) is 0 Å². The lowest BCUT2D eigenvalue weighted by Gasteiger charge is -2.55. The summed E-state index contributed by atoms with van der Waals surface area (Å²) in [7, 11) is 0. The van der Waals surface area contributed by atoms with Crippen molar-refractivity contribution in [3.05, 3.63) is 47.6 Å². The van der Waals surface area contributed by atoms with Crippen LogP contribution in [0.15, 0.2) is 47.6 Å². The van der Waals surface area contributed by atoms with Gasteiger partial charge in [-0.05, 0) is 29.4 Å². The normalized spacial score (nSPS) is 25.6. The van der Waals surface area contributed by atoms with Crippen LogP contribution in [0.2, 0.25) is 0 Å². The molecule has 0 fully saturated rings. The van der Waals surface area contributed by atoms with Crippen molar-refractivity contribution in [3.8, 4) is 0 Å². The highest BCUT2D eigenvalue weighted by molar-refractivity contribution is 8.02. The molecule has 0 aliphatic heterocycles. The summed E-state index contributed by atoms with van der Waals surface area (Å²) in [5, 5.41) is 0. The van der Waals surface area contributed by atoms with Crippen LogP contribution in [0.25, 0.3) is 0 Å². The molecule has 0 bridgehead atoms. The van der Waals surface area contributed by atoms with E-state index in [9.17, 15) is 0 Å². The Labute approximate surface area is 148 Å². The molecule has 2 aliphatic rings. The molecule has 0 spiro atoms. The summed E-state index contributed by atoms with van der Waals surface area (Å²) < 4.78 is 0.314. The van der Waals surface area contributed by atoms with E-state index >= 15 is 0 Å². The van der Waals surface area contributed by atoms with Crippen LogP contribution in [-0.4, -0.2) is 9.49 Å². The molecule has 2 aliphatic carbocycles. The average molecular weight is 331 g/mol. The molecule has 0 saturated heterocycles. The second-order valence-electron chi connectivity index (χ2n) is 9.43. The Hall–Kier alpha value is -0.690. The Balaban J connectivity index is 2.64. The van der Waals surface area contributed by atoms with Gasteiger partial charge in [0.1, 0.15) is 0 Å². The van der Waals surface area contributed by atoms with Gasteiger partial charge in [-0.2, -0.15) is 0 Å². The molecule has 1 atom stereocenters. The SMILES string of the molecule is CC(C)(C)SC1(C(C)(C)C2=CCC=C2)CC=CC=C1C(C)(C)C. The smallest absolute Gasteiger partial charge is 0.0507 e. The van der Waals surface area contributed by atoms with Crippen molar-refractivity contribution in [2.24, 2.45) is 10.8 Å². The number of hydrogen-bond donors (Lipinski definition) is 0. The van der Waals surface area contributed by atoms with Crippen molar-refractivity contribution in [1.82, 2.24) is 0 Å². The highest BCUT2D eigenvalue weighted by atomic mass is 32.2. The summed E-state index contributed by atoms with van der Waals surface area (Å²) in [6.45, 7) is 19.1. The Morgan fingerprint density at radius 3 is 2.09 bits per heavy atom. The fourth-order valence-corrected chi connectivity index (χ4v) is 6.07. The van der Waals surface area contributed by atoms with Crippen LogP contribution < -0.4 is 0 Å². The maximum Gasteiger partial charge on any atom is 0.0507 e. The van der Waals surface area contributed by atoms with Gasteiger partial charge in [-0.3, -0.25) is 0 Å². The fourth-order valence-electron chi connectivity index (χ4n) is 3.99. The first-order valence-corrected chi connectivity index (χ1v) is 9.67. The molecule has 128 valence electrons. The predicted molar refractivity (Wildman–Crippen MR) is 107 cm³/mol. The van der Waals surface area contributed by atoms with Gasteiger partial charge in [0, 0.05) is 10.2 Å². The fraction of sp³-hybridized carbons (Fsp3) is 0.636. The Morgan fingerprint density at radius 2 is 1.61 bits per heavy atom. The maximum atomic E-state index is 2.45. The summed E-state index contributed by atoms with van der Waals surface area (Å²) >= 11 is 2.16. The van der Waals surface area contributed by atoms with E-state index in [0.717, 1.165) is 12.8 Å². The van der Waals surface area contributed by atoms with Gasteiger partial charge >= 0.3 is 0 Å². The van der Waals surface area contributed by atoms with E-state index < -0.39 is 0 Å². The first-order valence-electron chi connectivity index (χ1n) is 8.85. The van der Waals surface area contributed by atoms with Crippen molar-refractivity contribution in [2.45, 2.75) is 77.7 Å². The van der Waals surface area contributed by atoms with E-state index in [4.69, 9.17) is 0 Å². The molecule has 0 amide bonds. The van der Waals surface area contributed by atoms with E-state index in [1.165, 1.54) is 5.57 Å². The molecule has 0 saturated carbocycles. The lowest BCUT2D eigenvalue weighted by atomic mass is 9.61. The molecule has 0 radical (unpaired) electrons. The zero-order chi connectivity index (χ0) is 17.5. The summed E-state index contributed by atoms with van der Waals surface area (Å²) in [4.78, 5) is 0. The summed E-state index contributed by atoms with van der Waals surface area (Å²) in [6, 6.07) is 0. The van der Waals surface area contributed by atoms with Gasteiger partial charge < -0.3 is 0 Å². The van der Waals surface area contributed by atoms with Gasteiger partial charge in [0.2, 0.25) is 0 Å². The van der Waals surface area contributed by atoms with Crippen LogP contribution >= 0.6 is 11.8 Å². The van der Waals surface area contributed by atoms with Crippen LogP contribution in [0.3, 0.4) is 0 Å². The van der Waals surface area contributed by atoms with Crippen LogP contribution in [0.5, 0.6) is 0 Å². The quantitative estimate of drug-likeness (QED) is 0.531. The zero-order valence-corrected chi connectivity index (χ0v) is 17.1. The second kappa shape index (κ2) is 5.99. The third-order valence-corrected chi connectivity index (χ3v) is 6.89. The third-order valence-electron chi connectivity index (χ3n) is 5.03. The van der Waals surface area contributed by atoms with Crippen molar-refractivity contribution >= 4 is 11.8 Å². The minimum atomic E-state index is 0.0960. The average Bonchev–Trinajstić information content (AvgIpc) is 2.90. The van der Waals surface area contributed by atoms with Gasteiger partial charge in [-0.15, -0.1) is 11.8 Å². The first kappa shape index (κ1) is 18.6. The van der Waals surface area contributed by atoms with Crippen molar-refractivity contribution in [1.29, 1.82) is 0 Å². The Bertz CT molecular complexity index is 570. The second-order valence-corrected chi connectivity index (χ2v) is 11.6. The van der Waals surface area contributed by atoms with Crippen molar-refractivity contribution in [3.63, 3.8) is 0 Å². The highest BCUT2D eigenvalue weighted by Gasteiger charge is 2.53. The molecule has 2 rings (SSSR count).